The predicted molar refractivity (Wildman–Crippen MR) is 106 cm³/mol. The van der Waals surface area contributed by atoms with Gasteiger partial charge in [0.25, 0.3) is 0 Å². The average molecular weight is 422 g/mol. The maximum absolute atomic E-state index is 12.7. The first-order valence-electron chi connectivity index (χ1n) is 9.32. The summed E-state index contributed by atoms with van der Waals surface area (Å²) in [5.74, 6) is 0.255. The highest BCUT2D eigenvalue weighted by Gasteiger charge is 2.57. The number of hydrogen-bond acceptors (Lipinski definition) is 4. The number of fused-ring (bicyclic) bond motifs is 3. The number of carbonyl (C=O) groups is 1. The number of esters is 1. The van der Waals surface area contributed by atoms with Crippen LogP contribution in [-0.2, 0) is 14.9 Å². The fourth-order valence-corrected chi connectivity index (χ4v) is 6.07. The second-order valence-electron chi connectivity index (χ2n) is 8.56. The lowest BCUT2D eigenvalue weighted by atomic mass is 9.49. The molecule has 1 fully saturated rings. The summed E-state index contributed by atoms with van der Waals surface area (Å²) in [6.45, 7) is 8.58. The fourth-order valence-electron chi connectivity index (χ4n) is 5.27. The van der Waals surface area contributed by atoms with E-state index in [0.29, 0.717) is 18.1 Å². The molecule has 0 aromatic heterocycles. The van der Waals surface area contributed by atoms with Crippen molar-refractivity contribution in [2.24, 2.45) is 16.5 Å². The Bertz CT molecular complexity index is 773. The van der Waals surface area contributed by atoms with Gasteiger partial charge >= 0.3 is 5.97 Å². The normalized spacial score (nSPS) is 32.3. The van der Waals surface area contributed by atoms with Crippen molar-refractivity contribution in [1.29, 1.82) is 0 Å². The Hall–Kier alpha value is -1.36. The van der Waals surface area contributed by atoms with Crippen molar-refractivity contribution in [3.05, 3.63) is 33.3 Å². The van der Waals surface area contributed by atoms with Gasteiger partial charge in [-0.15, -0.1) is 0 Å². The first-order chi connectivity index (χ1) is 12.2. The molecule has 0 heterocycles. The molecule has 0 spiro atoms. The van der Waals surface area contributed by atoms with Crippen LogP contribution in [0.4, 0.5) is 0 Å². The van der Waals surface area contributed by atoms with Gasteiger partial charge < -0.3 is 9.94 Å². The van der Waals surface area contributed by atoms with Gasteiger partial charge in [-0.3, -0.25) is 4.79 Å². The maximum Gasteiger partial charge on any atom is 0.311 e. The van der Waals surface area contributed by atoms with E-state index in [4.69, 9.17) is 4.74 Å². The summed E-state index contributed by atoms with van der Waals surface area (Å²) < 4.78 is 6.25. The molecule has 1 aromatic carbocycles. The van der Waals surface area contributed by atoms with Crippen LogP contribution in [0.2, 0.25) is 0 Å². The van der Waals surface area contributed by atoms with E-state index in [1.165, 1.54) is 18.2 Å². The standard InChI is InChI=1S/C21H28BrNO3/c1-12(2)13-9-14-15(10-16(13)22)20(3)7-6-8-21(4,19(24)26-5)18(20)11-17(14)23-25/h9-10,12,18,25H,6-8,11H2,1-5H3/t18-,20-,21-/m1/s1. The molecule has 0 aliphatic heterocycles. The number of methoxy groups -OCH3 is 1. The van der Waals surface area contributed by atoms with E-state index < -0.39 is 5.41 Å². The SMILES string of the molecule is COC(=O)[C@]1(C)CCC[C@]2(C)c3cc(Br)c(C(C)C)cc3C(=NO)C[C@@H]12. The molecule has 2 aliphatic rings. The van der Waals surface area contributed by atoms with Crippen LogP contribution in [0.15, 0.2) is 21.8 Å². The van der Waals surface area contributed by atoms with Gasteiger partial charge in [0.15, 0.2) is 0 Å². The van der Waals surface area contributed by atoms with Gasteiger partial charge in [0.1, 0.15) is 0 Å². The molecule has 3 atom stereocenters. The lowest BCUT2D eigenvalue weighted by Gasteiger charge is -2.54. The van der Waals surface area contributed by atoms with E-state index in [9.17, 15) is 10.0 Å². The first-order valence-corrected chi connectivity index (χ1v) is 10.1. The number of ether oxygens (including phenoxy) is 1. The molecule has 5 heteroatoms. The quantitative estimate of drug-likeness (QED) is 0.395. The number of oxime groups is 1. The molecule has 0 amide bonds. The zero-order valence-electron chi connectivity index (χ0n) is 16.2. The van der Waals surface area contributed by atoms with Crippen molar-refractivity contribution in [3.63, 3.8) is 0 Å². The largest absolute Gasteiger partial charge is 0.469 e. The second kappa shape index (κ2) is 6.66. The lowest BCUT2D eigenvalue weighted by Crippen LogP contribution is -2.54. The minimum atomic E-state index is -0.571. The minimum absolute atomic E-state index is 0.0476. The highest BCUT2D eigenvalue weighted by Crippen LogP contribution is 2.58. The third-order valence-corrected chi connectivity index (χ3v) is 7.47. The zero-order valence-corrected chi connectivity index (χ0v) is 17.8. The number of rotatable bonds is 2. The summed E-state index contributed by atoms with van der Waals surface area (Å²) in [6, 6.07) is 4.34. The van der Waals surface area contributed by atoms with Gasteiger partial charge in [-0.05, 0) is 66.7 Å². The Balaban J connectivity index is 2.23. The molecule has 26 heavy (non-hydrogen) atoms. The third-order valence-electron chi connectivity index (χ3n) is 6.79. The number of nitrogens with zero attached hydrogens (tertiary/aromatic N) is 1. The van der Waals surface area contributed by atoms with Crippen molar-refractivity contribution >= 4 is 27.6 Å². The summed E-state index contributed by atoms with van der Waals surface area (Å²) in [5, 5.41) is 13.4. The average Bonchev–Trinajstić information content (AvgIpc) is 2.60. The van der Waals surface area contributed by atoms with Gasteiger partial charge in [0.2, 0.25) is 0 Å². The van der Waals surface area contributed by atoms with Crippen LogP contribution < -0.4 is 0 Å². The number of halogens is 1. The Kier molecular flexibility index (Phi) is 4.97. The minimum Gasteiger partial charge on any atom is -0.469 e. The second-order valence-corrected chi connectivity index (χ2v) is 9.41. The van der Waals surface area contributed by atoms with Gasteiger partial charge in [0.05, 0.1) is 18.2 Å². The van der Waals surface area contributed by atoms with Gasteiger partial charge in [-0.2, -0.15) is 0 Å². The van der Waals surface area contributed by atoms with Crippen molar-refractivity contribution in [1.82, 2.24) is 0 Å². The van der Waals surface area contributed by atoms with E-state index in [0.717, 1.165) is 29.3 Å². The smallest absolute Gasteiger partial charge is 0.311 e. The zero-order chi connectivity index (χ0) is 19.3. The van der Waals surface area contributed by atoms with E-state index in [2.05, 4.69) is 54.0 Å². The number of hydrogen-bond donors (Lipinski definition) is 1. The monoisotopic (exact) mass is 421 g/mol. The van der Waals surface area contributed by atoms with E-state index in [1.807, 2.05) is 6.92 Å². The van der Waals surface area contributed by atoms with Crippen molar-refractivity contribution in [3.8, 4) is 0 Å². The van der Waals surface area contributed by atoms with Crippen LogP contribution in [0.5, 0.6) is 0 Å². The molecule has 1 N–H and O–H groups in total. The number of benzene rings is 1. The van der Waals surface area contributed by atoms with Crippen molar-refractivity contribution in [2.75, 3.05) is 7.11 Å². The topological polar surface area (TPSA) is 58.9 Å². The molecule has 0 radical (unpaired) electrons. The van der Waals surface area contributed by atoms with E-state index in [-0.39, 0.29) is 17.3 Å². The summed E-state index contributed by atoms with van der Waals surface area (Å²) >= 11 is 3.74. The van der Waals surface area contributed by atoms with Crippen LogP contribution in [0.1, 0.15) is 76.0 Å². The van der Waals surface area contributed by atoms with Gasteiger partial charge in [0, 0.05) is 10.0 Å². The molecule has 0 saturated heterocycles. The summed E-state index contributed by atoms with van der Waals surface area (Å²) in [6.07, 6.45) is 3.39. The molecular weight excluding hydrogens is 394 g/mol. The Morgan fingerprint density at radius 3 is 2.62 bits per heavy atom. The van der Waals surface area contributed by atoms with Crippen LogP contribution in [-0.4, -0.2) is 24.0 Å². The van der Waals surface area contributed by atoms with E-state index in [1.54, 1.807) is 0 Å². The third kappa shape index (κ3) is 2.70. The first kappa shape index (κ1) is 19.4. The Labute approximate surface area is 164 Å². The molecule has 142 valence electrons. The van der Waals surface area contributed by atoms with Gasteiger partial charge in [-0.1, -0.05) is 48.3 Å². The number of carbonyl (C=O) groups excluding carboxylic acids is 1. The molecule has 3 rings (SSSR count). The van der Waals surface area contributed by atoms with Gasteiger partial charge in [-0.25, -0.2) is 0 Å². The molecule has 4 nitrogen and oxygen atoms in total. The Morgan fingerprint density at radius 1 is 1.35 bits per heavy atom. The Morgan fingerprint density at radius 2 is 2.04 bits per heavy atom. The molecule has 0 bridgehead atoms. The summed E-state index contributed by atoms with van der Waals surface area (Å²) in [4.78, 5) is 12.7. The molecule has 2 aliphatic carbocycles. The maximum atomic E-state index is 12.7. The summed E-state index contributed by atoms with van der Waals surface area (Å²) in [7, 11) is 1.46. The molecule has 1 saturated carbocycles. The molecule has 0 unspecified atom stereocenters. The van der Waals surface area contributed by atoms with Crippen molar-refractivity contribution in [2.45, 2.75) is 64.7 Å². The molecular formula is C21H28BrNO3. The predicted octanol–water partition coefficient (Wildman–Crippen LogP) is 5.39. The highest BCUT2D eigenvalue weighted by atomic mass is 79.9. The highest BCUT2D eigenvalue weighted by molar-refractivity contribution is 9.10. The van der Waals surface area contributed by atoms with Crippen LogP contribution in [0.25, 0.3) is 0 Å². The van der Waals surface area contributed by atoms with Crippen molar-refractivity contribution < 1.29 is 14.7 Å². The lowest BCUT2D eigenvalue weighted by molar-refractivity contribution is -0.160. The molecule has 1 aromatic rings. The van der Waals surface area contributed by atoms with Crippen LogP contribution in [0, 0.1) is 11.3 Å². The fraction of sp³-hybridized carbons (Fsp3) is 0.619. The van der Waals surface area contributed by atoms with Crippen LogP contribution >= 0.6 is 15.9 Å². The van der Waals surface area contributed by atoms with Crippen LogP contribution in [0.3, 0.4) is 0 Å². The summed E-state index contributed by atoms with van der Waals surface area (Å²) in [5.41, 5.74) is 3.36. The van der Waals surface area contributed by atoms with E-state index >= 15 is 0 Å².